The molecule has 0 aliphatic carbocycles. The van der Waals surface area contributed by atoms with Gasteiger partial charge in [0.2, 0.25) is 0 Å². The molecule has 0 unspecified atom stereocenters. The molecule has 4 heteroatoms. The van der Waals surface area contributed by atoms with Crippen molar-refractivity contribution in [3.63, 3.8) is 0 Å². The van der Waals surface area contributed by atoms with Gasteiger partial charge in [0.1, 0.15) is 18.2 Å². The van der Waals surface area contributed by atoms with Crippen LogP contribution in [0.25, 0.3) is 0 Å². The lowest BCUT2D eigenvalue weighted by atomic mass is 10.1. The summed E-state index contributed by atoms with van der Waals surface area (Å²) in [5.41, 5.74) is 2.40. The fraction of sp³-hybridized carbons (Fsp3) is 0.294. The Hall–Kier alpha value is -1.39. The van der Waals surface area contributed by atoms with Crippen LogP contribution >= 0.6 is 15.9 Å². The van der Waals surface area contributed by atoms with E-state index in [-0.39, 0.29) is 5.82 Å². The molecule has 0 fully saturated rings. The molecule has 1 N–H and O–H groups in total. The van der Waals surface area contributed by atoms with Crippen molar-refractivity contribution in [3.05, 3.63) is 63.9 Å². The van der Waals surface area contributed by atoms with Gasteiger partial charge in [-0.2, -0.15) is 0 Å². The van der Waals surface area contributed by atoms with Crippen molar-refractivity contribution >= 4 is 15.9 Å². The molecule has 0 aliphatic rings. The summed E-state index contributed by atoms with van der Waals surface area (Å²) in [4.78, 5) is 0. The molecule has 0 atom stereocenters. The van der Waals surface area contributed by atoms with Gasteiger partial charge in [0.15, 0.2) is 0 Å². The maximum Gasteiger partial charge on any atom is 0.141 e. The van der Waals surface area contributed by atoms with Gasteiger partial charge in [0, 0.05) is 6.07 Å². The van der Waals surface area contributed by atoms with Crippen molar-refractivity contribution in [2.75, 3.05) is 13.1 Å². The first-order valence-corrected chi connectivity index (χ1v) is 7.85. The summed E-state index contributed by atoms with van der Waals surface area (Å²) in [7, 11) is 0. The molecule has 0 aliphatic heterocycles. The van der Waals surface area contributed by atoms with Crippen LogP contribution in [0.5, 0.6) is 5.75 Å². The molecular weight excluding hydrogens is 333 g/mol. The highest BCUT2D eigenvalue weighted by Crippen LogP contribution is 2.22. The van der Waals surface area contributed by atoms with E-state index in [0.717, 1.165) is 25.1 Å². The summed E-state index contributed by atoms with van der Waals surface area (Å²) in [6.45, 7) is 4.46. The van der Waals surface area contributed by atoms with Gasteiger partial charge in [0.25, 0.3) is 0 Å². The van der Waals surface area contributed by atoms with Crippen molar-refractivity contribution < 1.29 is 9.13 Å². The molecule has 0 heterocycles. The Labute approximate surface area is 133 Å². The Bertz CT molecular complexity index is 589. The van der Waals surface area contributed by atoms with Gasteiger partial charge >= 0.3 is 0 Å². The summed E-state index contributed by atoms with van der Waals surface area (Å²) in [6, 6.07) is 13.0. The lowest BCUT2D eigenvalue weighted by molar-refractivity contribution is 0.303. The van der Waals surface area contributed by atoms with E-state index in [9.17, 15) is 4.39 Å². The standard InChI is InChI=1S/C17H19BrFNO/c1-2-20-10-9-13-5-3-4-6-14(13)12-21-15-7-8-16(18)17(19)11-15/h3-8,11,20H,2,9-10,12H2,1H3. The Morgan fingerprint density at radius 2 is 1.90 bits per heavy atom. The normalized spacial score (nSPS) is 10.6. The first kappa shape index (κ1) is 16.0. The maximum absolute atomic E-state index is 13.5. The van der Waals surface area contributed by atoms with Crippen LogP contribution in [-0.4, -0.2) is 13.1 Å². The molecule has 0 spiro atoms. The molecule has 0 amide bonds. The highest BCUT2D eigenvalue weighted by molar-refractivity contribution is 9.10. The van der Waals surface area contributed by atoms with E-state index >= 15 is 0 Å². The Morgan fingerprint density at radius 1 is 1.14 bits per heavy atom. The molecule has 2 aromatic rings. The molecule has 0 aromatic heterocycles. The van der Waals surface area contributed by atoms with Gasteiger partial charge in [-0.3, -0.25) is 0 Å². The van der Waals surface area contributed by atoms with Crippen LogP contribution in [0, 0.1) is 5.82 Å². The van der Waals surface area contributed by atoms with Gasteiger partial charge in [0.05, 0.1) is 4.47 Å². The minimum absolute atomic E-state index is 0.312. The van der Waals surface area contributed by atoms with Gasteiger partial charge in [-0.05, 0) is 58.7 Å². The predicted octanol–water partition coefficient (Wildman–Crippen LogP) is 4.32. The van der Waals surface area contributed by atoms with Gasteiger partial charge < -0.3 is 10.1 Å². The summed E-state index contributed by atoms with van der Waals surface area (Å²) < 4.78 is 19.6. The number of ether oxygens (including phenoxy) is 1. The molecule has 21 heavy (non-hydrogen) atoms. The zero-order valence-electron chi connectivity index (χ0n) is 12.0. The molecular formula is C17H19BrFNO. The lowest BCUT2D eigenvalue weighted by Gasteiger charge is -2.11. The third-order valence-corrected chi connectivity index (χ3v) is 3.87. The SMILES string of the molecule is CCNCCc1ccccc1COc1ccc(Br)c(F)c1. The molecule has 2 rings (SSSR count). The third kappa shape index (κ3) is 4.83. The van der Waals surface area contributed by atoms with Crippen LogP contribution in [-0.2, 0) is 13.0 Å². The first-order valence-electron chi connectivity index (χ1n) is 7.06. The number of rotatable bonds is 7. The number of hydrogen-bond donors (Lipinski definition) is 1. The summed E-state index contributed by atoms with van der Waals surface area (Å²) >= 11 is 3.13. The maximum atomic E-state index is 13.5. The van der Waals surface area contributed by atoms with E-state index in [1.165, 1.54) is 11.6 Å². The number of benzene rings is 2. The van der Waals surface area contributed by atoms with E-state index < -0.39 is 0 Å². The van der Waals surface area contributed by atoms with E-state index in [1.807, 2.05) is 12.1 Å². The number of hydrogen-bond acceptors (Lipinski definition) is 2. The minimum Gasteiger partial charge on any atom is -0.489 e. The highest BCUT2D eigenvalue weighted by atomic mass is 79.9. The van der Waals surface area contributed by atoms with Crippen LogP contribution in [0.1, 0.15) is 18.1 Å². The summed E-state index contributed by atoms with van der Waals surface area (Å²) in [5, 5.41) is 3.32. The van der Waals surface area contributed by atoms with Crippen molar-refractivity contribution in [2.24, 2.45) is 0 Å². The van der Waals surface area contributed by atoms with Crippen LogP contribution < -0.4 is 10.1 Å². The largest absolute Gasteiger partial charge is 0.489 e. The summed E-state index contributed by atoms with van der Waals surface area (Å²) in [6.07, 6.45) is 0.960. The van der Waals surface area contributed by atoms with Crippen LogP contribution in [0.15, 0.2) is 46.9 Å². The topological polar surface area (TPSA) is 21.3 Å². The second-order valence-electron chi connectivity index (χ2n) is 4.74. The Morgan fingerprint density at radius 3 is 2.62 bits per heavy atom. The number of likely N-dealkylation sites (N-methyl/N-ethyl adjacent to an activating group) is 1. The second-order valence-corrected chi connectivity index (χ2v) is 5.59. The molecule has 0 saturated heterocycles. The first-order chi connectivity index (χ1) is 10.2. The van der Waals surface area contributed by atoms with Crippen LogP contribution in [0.4, 0.5) is 4.39 Å². The van der Waals surface area contributed by atoms with E-state index in [4.69, 9.17) is 4.74 Å². The highest BCUT2D eigenvalue weighted by Gasteiger charge is 2.05. The molecule has 0 radical (unpaired) electrons. The molecule has 0 saturated carbocycles. The van der Waals surface area contributed by atoms with E-state index in [0.29, 0.717) is 16.8 Å². The number of nitrogens with one attached hydrogen (secondary N) is 1. The number of halogens is 2. The van der Waals surface area contributed by atoms with Crippen LogP contribution in [0.3, 0.4) is 0 Å². The van der Waals surface area contributed by atoms with Crippen LogP contribution in [0.2, 0.25) is 0 Å². The quantitative estimate of drug-likeness (QED) is 0.750. The average molecular weight is 352 g/mol. The van der Waals surface area contributed by atoms with Crippen molar-refractivity contribution in [1.82, 2.24) is 5.32 Å². The van der Waals surface area contributed by atoms with Gasteiger partial charge in [-0.1, -0.05) is 31.2 Å². The molecule has 0 bridgehead atoms. The van der Waals surface area contributed by atoms with E-state index in [1.54, 1.807) is 12.1 Å². The predicted molar refractivity (Wildman–Crippen MR) is 87.1 cm³/mol. The van der Waals surface area contributed by atoms with Gasteiger partial charge in [-0.15, -0.1) is 0 Å². The zero-order valence-corrected chi connectivity index (χ0v) is 13.6. The van der Waals surface area contributed by atoms with E-state index in [2.05, 4.69) is 40.3 Å². The fourth-order valence-corrected chi connectivity index (χ4v) is 2.32. The Balaban J connectivity index is 2.00. The van der Waals surface area contributed by atoms with Crippen molar-refractivity contribution in [2.45, 2.75) is 20.0 Å². The zero-order chi connectivity index (χ0) is 15.1. The second kappa shape index (κ2) is 8.15. The van der Waals surface area contributed by atoms with Gasteiger partial charge in [-0.25, -0.2) is 4.39 Å². The average Bonchev–Trinajstić information content (AvgIpc) is 2.50. The van der Waals surface area contributed by atoms with Crippen molar-refractivity contribution in [1.29, 1.82) is 0 Å². The lowest BCUT2D eigenvalue weighted by Crippen LogP contribution is -2.17. The molecule has 2 nitrogen and oxygen atoms in total. The van der Waals surface area contributed by atoms with Crippen molar-refractivity contribution in [3.8, 4) is 5.75 Å². The summed E-state index contributed by atoms with van der Waals surface area (Å²) in [5.74, 6) is 0.227. The fourth-order valence-electron chi connectivity index (χ4n) is 2.07. The third-order valence-electron chi connectivity index (χ3n) is 3.22. The molecule has 112 valence electrons. The monoisotopic (exact) mass is 351 g/mol. The Kier molecular flexibility index (Phi) is 6.21. The smallest absolute Gasteiger partial charge is 0.141 e. The molecule has 2 aromatic carbocycles. The minimum atomic E-state index is -0.312.